The lowest BCUT2D eigenvalue weighted by Crippen LogP contribution is -2.32. The van der Waals surface area contributed by atoms with Gasteiger partial charge in [-0.1, -0.05) is 44.9 Å². The van der Waals surface area contributed by atoms with Gasteiger partial charge in [0.05, 0.1) is 0 Å². The summed E-state index contributed by atoms with van der Waals surface area (Å²) in [6.45, 7) is 7.05. The topological polar surface area (TPSA) is 20.3 Å². The Morgan fingerprint density at radius 1 is 1.39 bits per heavy atom. The summed E-state index contributed by atoms with van der Waals surface area (Å²) >= 11 is 5.99. The fourth-order valence-electron chi connectivity index (χ4n) is 1.82. The molecule has 18 heavy (non-hydrogen) atoms. The van der Waals surface area contributed by atoms with Crippen LogP contribution in [0.5, 0.6) is 0 Å². The van der Waals surface area contributed by atoms with Gasteiger partial charge in [0.25, 0.3) is 0 Å². The van der Waals surface area contributed by atoms with Gasteiger partial charge in [-0.3, -0.25) is 4.79 Å². The van der Waals surface area contributed by atoms with E-state index >= 15 is 0 Å². The fraction of sp³-hybridized carbons (Fsp3) is 0.533. The monoisotopic (exact) mass is 267 g/mol. The largest absolute Gasteiger partial charge is 0.312 e. The number of hydrogen-bond donors (Lipinski definition) is 0. The zero-order valence-corrected chi connectivity index (χ0v) is 12.2. The highest BCUT2D eigenvalue weighted by Crippen LogP contribution is 2.22. The second-order valence-corrected chi connectivity index (χ2v) is 5.18. The first-order valence-corrected chi connectivity index (χ1v) is 7.02. The first-order chi connectivity index (χ1) is 8.58. The fourth-order valence-corrected chi connectivity index (χ4v) is 2.00. The molecule has 0 spiro atoms. The van der Waals surface area contributed by atoms with Gasteiger partial charge in [0, 0.05) is 23.7 Å². The van der Waals surface area contributed by atoms with Crippen molar-refractivity contribution in [1.29, 1.82) is 0 Å². The molecule has 0 aliphatic carbocycles. The molecule has 2 nitrogen and oxygen atoms in total. The summed E-state index contributed by atoms with van der Waals surface area (Å²) in [7, 11) is 0. The first-order valence-electron chi connectivity index (χ1n) is 6.64. The maximum atomic E-state index is 12.3. The first kappa shape index (κ1) is 15.0. The molecule has 0 bridgehead atoms. The third kappa shape index (κ3) is 4.34. The van der Waals surface area contributed by atoms with Gasteiger partial charge in [-0.25, -0.2) is 0 Å². The van der Waals surface area contributed by atoms with Crippen molar-refractivity contribution < 1.29 is 4.79 Å². The molecule has 1 unspecified atom stereocenters. The lowest BCUT2D eigenvalue weighted by Gasteiger charge is -2.24. The predicted octanol–water partition coefficient (Wildman–Crippen LogP) is 4.52. The lowest BCUT2D eigenvalue weighted by molar-refractivity contribution is -0.119. The quantitative estimate of drug-likeness (QED) is 0.742. The van der Waals surface area contributed by atoms with Crippen molar-refractivity contribution in [3.05, 3.63) is 29.3 Å². The SMILES string of the molecule is CCCN(C(=O)CC(C)CC)c1cccc(Cl)c1. The number of halogens is 1. The third-order valence-corrected chi connectivity index (χ3v) is 3.32. The van der Waals surface area contributed by atoms with E-state index < -0.39 is 0 Å². The molecule has 0 saturated heterocycles. The van der Waals surface area contributed by atoms with E-state index in [0.717, 1.165) is 25.1 Å². The van der Waals surface area contributed by atoms with Crippen LogP contribution in [0.2, 0.25) is 5.02 Å². The van der Waals surface area contributed by atoms with Crippen molar-refractivity contribution in [2.24, 2.45) is 5.92 Å². The van der Waals surface area contributed by atoms with Gasteiger partial charge < -0.3 is 4.90 Å². The van der Waals surface area contributed by atoms with E-state index in [4.69, 9.17) is 11.6 Å². The zero-order valence-electron chi connectivity index (χ0n) is 11.4. The van der Waals surface area contributed by atoms with Gasteiger partial charge in [-0.15, -0.1) is 0 Å². The maximum Gasteiger partial charge on any atom is 0.227 e. The molecule has 0 aliphatic rings. The highest BCUT2D eigenvalue weighted by molar-refractivity contribution is 6.30. The normalized spacial score (nSPS) is 12.2. The molecule has 0 saturated carbocycles. The van der Waals surface area contributed by atoms with Gasteiger partial charge >= 0.3 is 0 Å². The van der Waals surface area contributed by atoms with E-state index in [0.29, 0.717) is 17.4 Å². The van der Waals surface area contributed by atoms with Crippen LogP contribution in [0.1, 0.15) is 40.0 Å². The summed E-state index contributed by atoms with van der Waals surface area (Å²) in [5.41, 5.74) is 0.901. The van der Waals surface area contributed by atoms with Crippen LogP contribution in [0, 0.1) is 5.92 Å². The zero-order chi connectivity index (χ0) is 13.5. The smallest absolute Gasteiger partial charge is 0.227 e. The van der Waals surface area contributed by atoms with E-state index in [1.165, 1.54) is 0 Å². The lowest BCUT2D eigenvalue weighted by atomic mass is 10.0. The van der Waals surface area contributed by atoms with Crippen LogP contribution in [-0.4, -0.2) is 12.5 Å². The predicted molar refractivity (Wildman–Crippen MR) is 78.2 cm³/mol. The number of amides is 1. The Balaban J connectivity index is 2.85. The molecular formula is C15H22ClNO. The summed E-state index contributed by atoms with van der Waals surface area (Å²) in [5, 5.41) is 0.671. The van der Waals surface area contributed by atoms with Crippen molar-refractivity contribution in [3.63, 3.8) is 0 Å². The summed E-state index contributed by atoms with van der Waals surface area (Å²) in [6.07, 6.45) is 2.57. The molecule has 0 fully saturated rings. The molecule has 100 valence electrons. The number of rotatable bonds is 6. The van der Waals surface area contributed by atoms with Gasteiger partial charge in [-0.2, -0.15) is 0 Å². The van der Waals surface area contributed by atoms with E-state index in [2.05, 4.69) is 20.8 Å². The second kappa shape index (κ2) is 7.42. The Kier molecular flexibility index (Phi) is 6.20. The molecule has 1 rings (SSSR count). The van der Waals surface area contributed by atoms with Crippen LogP contribution in [0.3, 0.4) is 0 Å². The molecule has 0 aliphatic heterocycles. The molecular weight excluding hydrogens is 246 g/mol. The number of anilines is 1. The highest BCUT2D eigenvalue weighted by atomic mass is 35.5. The van der Waals surface area contributed by atoms with Crippen LogP contribution < -0.4 is 4.90 Å². The van der Waals surface area contributed by atoms with Crippen molar-refractivity contribution in [1.82, 2.24) is 0 Å². The molecule has 0 aromatic heterocycles. The number of carbonyl (C=O) groups is 1. The number of hydrogen-bond acceptors (Lipinski definition) is 1. The van der Waals surface area contributed by atoms with Crippen LogP contribution in [0.25, 0.3) is 0 Å². The van der Waals surface area contributed by atoms with Crippen LogP contribution >= 0.6 is 11.6 Å². The molecule has 0 heterocycles. The molecule has 1 aromatic carbocycles. The molecule has 0 radical (unpaired) electrons. The van der Waals surface area contributed by atoms with Crippen LogP contribution in [-0.2, 0) is 4.79 Å². The molecule has 1 aromatic rings. The van der Waals surface area contributed by atoms with Crippen LogP contribution in [0.4, 0.5) is 5.69 Å². The Morgan fingerprint density at radius 2 is 2.11 bits per heavy atom. The van der Waals surface area contributed by atoms with E-state index in [-0.39, 0.29) is 5.91 Å². The molecule has 0 N–H and O–H groups in total. The van der Waals surface area contributed by atoms with Gasteiger partial charge in [0.1, 0.15) is 0 Å². The average molecular weight is 268 g/mol. The van der Waals surface area contributed by atoms with E-state index in [9.17, 15) is 4.79 Å². The van der Waals surface area contributed by atoms with Gasteiger partial charge in [0.2, 0.25) is 5.91 Å². The maximum absolute atomic E-state index is 12.3. The van der Waals surface area contributed by atoms with Gasteiger partial charge in [0.15, 0.2) is 0 Å². The third-order valence-electron chi connectivity index (χ3n) is 3.09. The van der Waals surface area contributed by atoms with E-state index in [1.54, 1.807) is 0 Å². The van der Waals surface area contributed by atoms with E-state index in [1.807, 2.05) is 29.2 Å². The van der Waals surface area contributed by atoms with Crippen molar-refractivity contribution in [2.45, 2.75) is 40.0 Å². The average Bonchev–Trinajstić information content (AvgIpc) is 2.35. The van der Waals surface area contributed by atoms with Crippen LogP contribution in [0.15, 0.2) is 24.3 Å². The molecule has 3 heteroatoms. The van der Waals surface area contributed by atoms with Crippen molar-refractivity contribution >= 4 is 23.2 Å². The minimum Gasteiger partial charge on any atom is -0.312 e. The summed E-state index contributed by atoms with van der Waals surface area (Å²) in [4.78, 5) is 14.1. The Labute approximate surface area is 115 Å². The van der Waals surface area contributed by atoms with Crippen molar-refractivity contribution in [2.75, 3.05) is 11.4 Å². The Morgan fingerprint density at radius 3 is 2.67 bits per heavy atom. The number of nitrogens with zero attached hydrogens (tertiary/aromatic N) is 1. The number of benzene rings is 1. The summed E-state index contributed by atoms with van der Waals surface area (Å²) in [5.74, 6) is 0.615. The van der Waals surface area contributed by atoms with Gasteiger partial charge in [-0.05, 0) is 30.5 Å². The molecule has 1 atom stereocenters. The Hall–Kier alpha value is -1.02. The summed E-state index contributed by atoms with van der Waals surface area (Å²) in [6, 6.07) is 7.51. The minimum atomic E-state index is 0.188. The standard InChI is InChI=1S/C15H22ClNO/c1-4-9-17(15(18)10-12(3)5-2)14-8-6-7-13(16)11-14/h6-8,11-12H,4-5,9-10H2,1-3H3. The number of carbonyl (C=O) groups excluding carboxylic acids is 1. The Bertz CT molecular complexity index is 392. The van der Waals surface area contributed by atoms with Crippen molar-refractivity contribution in [3.8, 4) is 0 Å². The minimum absolute atomic E-state index is 0.188. The second-order valence-electron chi connectivity index (χ2n) is 4.74. The highest BCUT2D eigenvalue weighted by Gasteiger charge is 2.17. The summed E-state index contributed by atoms with van der Waals surface area (Å²) < 4.78 is 0. The molecule has 1 amide bonds.